The molecule has 3 nitrogen and oxygen atoms in total. The van der Waals surface area contributed by atoms with Crippen LogP contribution in [0.5, 0.6) is 17.2 Å². The van der Waals surface area contributed by atoms with Crippen molar-refractivity contribution in [2.24, 2.45) is 0 Å². The van der Waals surface area contributed by atoms with Crippen molar-refractivity contribution in [1.29, 1.82) is 0 Å². The smallest absolute Gasteiger partial charge is 0.134 e. The second-order valence-electron chi connectivity index (χ2n) is 4.93. The maximum Gasteiger partial charge on any atom is 0.134 e. The molecular formula is C18H13ClO3. The molecule has 0 aliphatic rings. The zero-order valence-corrected chi connectivity index (χ0v) is 12.4. The van der Waals surface area contributed by atoms with Gasteiger partial charge in [-0.05, 0) is 40.6 Å². The number of phenolic OH excluding ortho intramolecular Hbond substituents is 1. The molecule has 0 saturated carbocycles. The lowest BCUT2D eigenvalue weighted by atomic mass is 10.1. The molecule has 0 aliphatic heterocycles. The molecule has 3 aromatic carbocycles. The lowest BCUT2D eigenvalue weighted by molar-refractivity contribution is -0.107. The standard InChI is InChI=1S/C18H13ClO3/c19-17-11-16(5-6-18(17)21)22-15-4-3-13-9-12(7-8-20)1-2-14(13)10-15/h1-6,8-11,21H,7H2. The van der Waals surface area contributed by atoms with Crippen molar-refractivity contribution in [2.75, 3.05) is 0 Å². The minimum absolute atomic E-state index is 0.0234. The normalized spacial score (nSPS) is 10.6. The highest BCUT2D eigenvalue weighted by atomic mass is 35.5. The van der Waals surface area contributed by atoms with Gasteiger partial charge < -0.3 is 14.6 Å². The summed E-state index contributed by atoms with van der Waals surface area (Å²) in [5, 5.41) is 11.7. The highest BCUT2D eigenvalue weighted by Gasteiger charge is 2.04. The van der Waals surface area contributed by atoms with E-state index in [4.69, 9.17) is 16.3 Å². The molecule has 0 unspecified atom stereocenters. The van der Waals surface area contributed by atoms with E-state index in [0.717, 1.165) is 22.6 Å². The van der Waals surface area contributed by atoms with E-state index >= 15 is 0 Å². The van der Waals surface area contributed by atoms with Gasteiger partial charge in [-0.1, -0.05) is 35.9 Å². The van der Waals surface area contributed by atoms with Crippen molar-refractivity contribution in [1.82, 2.24) is 0 Å². The van der Waals surface area contributed by atoms with Gasteiger partial charge in [0, 0.05) is 12.5 Å². The van der Waals surface area contributed by atoms with Crippen LogP contribution in [-0.2, 0) is 11.2 Å². The maximum absolute atomic E-state index is 10.6. The number of aromatic hydroxyl groups is 1. The molecule has 0 spiro atoms. The van der Waals surface area contributed by atoms with Gasteiger partial charge in [0.15, 0.2) is 0 Å². The first-order chi connectivity index (χ1) is 10.7. The van der Waals surface area contributed by atoms with Crippen LogP contribution in [-0.4, -0.2) is 11.4 Å². The number of aldehydes is 1. The Bertz CT molecular complexity index is 843. The monoisotopic (exact) mass is 312 g/mol. The van der Waals surface area contributed by atoms with Crippen LogP contribution in [0.1, 0.15) is 5.56 Å². The highest BCUT2D eigenvalue weighted by molar-refractivity contribution is 6.32. The van der Waals surface area contributed by atoms with Gasteiger partial charge in [0.1, 0.15) is 23.5 Å². The van der Waals surface area contributed by atoms with Crippen molar-refractivity contribution in [3.05, 3.63) is 65.2 Å². The third kappa shape index (κ3) is 3.05. The molecule has 4 heteroatoms. The summed E-state index contributed by atoms with van der Waals surface area (Å²) in [5.74, 6) is 1.26. The van der Waals surface area contributed by atoms with Gasteiger partial charge in [0.2, 0.25) is 0 Å². The van der Waals surface area contributed by atoms with E-state index in [-0.39, 0.29) is 10.8 Å². The summed E-state index contributed by atoms with van der Waals surface area (Å²) in [5.41, 5.74) is 0.987. The fourth-order valence-electron chi connectivity index (χ4n) is 2.25. The van der Waals surface area contributed by atoms with Crippen molar-refractivity contribution in [3.63, 3.8) is 0 Å². The highest BCUT2D eigenvalue weighted by Crippen LogP contribution is 2.31. The van der Waals surface area contributed by atoms with Crippen LogP contribution in [0.2, 0.25) is 5.02 Å². The van der Waals surface area contributed by atoms with Crippen LogP contribution in [0.25, 0.3) is 10.8 Å². The van der Waals surface area contributed by atoms with Crippen molar-refractivity contribution >= 4 is 28.7 Å². The second-order valence-corrected chi connectivity index (χ2v) is 5.34. The van der Waals surface area contributed by atoms with Crippen molar-refractivity contribution in [2.45, 2.75) is 6.42 Å². The molecule has 0 heterocycles. The maximum atomic E-state index is 10.6. The van der Waals surface area contributed by atoms with Crippen LogP contribution >= 0.6 is 11.6 Å². The van der Waals surface area contributed by atoms with Gasteiger partial charge in [-0.3, -0.25) is 0 Å². The fourth-order valence-corrected chi connectivity index (χ4v) is 2.42. The lowest BCUT2D eigenvalue weighted by Gasteiger charge is -2.08. The summed E-state index contributed by atoms with van der Waals surface area (Å²) in [6.07, 6.45) is 1.31. The number of phenols is 1. The summed E-state index contributed by atoms with van der Waals surface area (Å²) in [7, 11) is 0. The third-order valence-corrected chi connectivity index (χ3v) is 3.65. The summed E-state index contributed by atoms with van der Waals surface area (Å²) < 4.78 is 5.75. The van der Waals surface area contributed by atoms with Crippen LogP contribution in [0.3, 0.4) is 0 Å². The van der Waals surface area contributed by atoms with E-state index in [2.05, 4.69) is 0 Å². The molecular weight excluding hydrogens is 300 g/mol. The number of ether oxygens (including phenoxy) is 1. The number of hydrogen-bond donors (Lipinski definition) is 1. The second kappa shape index (κ2) is 6.08. The summed E-state index contributed by atoms with van der Waals surface area (Å²) in [6.45, 7) is 0. The molecule has 0 atom stereocenters. The van der Waals surface area contributed by atoms with Gasteiger partial charge in [-0.15, -0.1) is 0 Å². The number of hydrogen-bond acceptors (Lipinski definition) is 3. The SMILES string of the molecule is O=CCc1ccc2cc(Oc3ccc(O)c(Cl)c3)ccc2c1. The van der Waals surface area contributed by atoms with Crippen molar-refractivity contribution in [3.8, 4) is 17.2 Å². The van der Waals surface area contributed by atoms with Crippen LogP contribution in [0, 0.1) is 0 Å². The fraction of sp³-hybridized carbons (Fsp3) is 0.0556. The predicted molar refractivity (Wildman–Crippen MR) is 86.9 cm³/mol. The predicted octanol–water partition coefficient (Wildman–Crippen LogP) is 4.73. The Labute approximate surface area is 132 Å². The van der Waals surface area contributed by atoms with E-state index in [9.17, 15) is 9.90 Å². The third-order valence-electron chi connectivity index (χ3n) is 3.35. The largest absolute Gasteiger partial charge is 0.506 e. The Morgan fingerprint density at radius 1 is 0.955 bits per heavy atom. The molecule has 0 radical (unpaired) electrons. The first-order valence-electron chi connectivity index (χ1n) is 6.78. The number of carbonyl (C=O) groups excluding carboxylic acids is 1. The quantitative estimate of drug-likeness (QED) is 0.708. The first-order valence-corrected chi connectivity index (χ1v) is 7.16. The van der Waals surface area contributed by atoms with Gasteiger partial charge in [0.05, 0.1) is 5.02 Å². The molecule has 0 aliphatic carbocycles. The topological polar surface area (TPSA) is 46.5 Å². The minimum Gasteiger partial charge on any atom is -0.506 e. The first kappa shape index (κ1) is 14.4. The van der Waals surface area contributed by atoms with Gasteiger partial charge >= 0.3 is 0 Å². The number of halogens is 1. The van der Waals surface area contributed by atoms with Crippen LogP contribution in [0.15, 0.2) is 54.6 Å². The molecule has 0 aromatic heterocycles. The van der Waals surface area contributed by atoms with Crippen LogP contribution in [0.4, 0.5) is 0 Å². The van der Waals surface area contributed by atoms with Crippen molar-refractivity contribution < 1.29 is 14.6 Å². The van der Waals surface area contributed by atoms with E-state index in [1.165, 1.54) is 6.07 Å². The van der Waals surface area contributed by atoms with E-state index in [0.29, 0.717) is 17.9 Å². The summed E-state index contributed by atoms with van der Waals surface area (Å²) in [4.78, 5) is 10.6. The molecule has 3 aromatic rings. The summed E-state index contributed by atoms with van der Waals surface area (Å²) in [6, 6.07) is 16.3. The van der Waals surface area contributed by atoms with E-state index in [1.807, 2.05) is 36.4 Å². The van der Waals surface area contributed by atoms with Gasteiger partial charge in [-0.2, -0.15) is 0 Å². The Hall–Kier alpha value is -2.52. The Balaban J connectivity index is 1.89. The van der Waals surface area contributed by atoms with Gasteiger partial charge in [-0.25, -0.2) is 0 Å². The Morgan fingerprint density at radius 3 is 2.41 bits per heavy atom. The average Bonchev–Trinajstić information content (AvgIpc) is 2.51. The number of carbonyl (C=O) groups is 1. The average molecular weight is 313 g/mol. The molecule has 1 N–H and O–H groups in total. The molecule has 3 rings (SSSR count). The molecule has 22 heavy (non-hydrogen) atoms. The molecule has 0 bridgehead atoms. The zero-order valence-electron chi connectivity index (χ0n) is 11.6. The van der Waals surface area contributed by atoms with Gasteiger partial charge in [0.25, 0.3) is 0 Å². The molecule has 0 saturated heterocycles. The zero-order chi connectivity index (χ0) is 15.5. The molecule has 0 fully saturated rings. The van der Waals surface area contributed by atoms with Crippen LogP contribution < -0.4 is 4.74 Å². The lowest BCUT2D eigenvalue weighted by Crippen LogP contribution is -1.87. The Kier molecular flexibility index (Phi) is 3.98. The number of fused-ring (bicyclic) bond motifs is 1. The number of rotatable bonds is 4. The number of benzene rings is 3. The Morgan fingerprint density at radius 2 is 1.64 bits per heavy atom. The summed E-state index contributed by atoms with van der Waals surface area (Å²) >= 11 is 5.86. The van der Waals surface area contributed by atoms with E-state index < -0.39 is 0 Å². The molecule has 110 valence electrons. The minimum atomic E-state index is 0.0234. The molecule has 0 amide bonds. The van der Waals surface area contributed by atoms with E-state index in [1.54, 1.807) is 12.1 Å².